The molecule has 1 rings (SSSR count). The van der Waals surface area contributed by atoms with Crippen LogP contribution in [0.3, 0.4) is 0 Å². The summed E-state index contributed by atoms with van der Waals surface area (Å²) >= 11 is 1.27. The van der Waals surface area contributed by atoms with E-state index in [1.807, 2.05) is 0 Å². The highest BCUT2D eigenvalue weighted by Gasteiger charge is 2.11. The Bertz CT molecular complexity index is 427. The number of amides is 1. The van der Waals surface area contributed by atoms with Crippen molar-refractivity contribution in [2.24, 2.45) is 0 Å². The highest BCUT2D eigenvalue weighted by Crippen LogP contribution is 2.09. The first kappa shape index (κ1) is 13.1. The van der Waals surface area contributed by atoms with Gasteiger partial charge >= 0.3 is 0 Å². The lowest BCUT2D eigenvalue weighted by molar-refractivity contribution is -0.115. The van der Waals surface area contributed by atoms with Crippen molar-refractivity contribution in [2.45, 2.75) is 13.3 Å². The number of thiazole rings is 1. The number of aromatic nitrogens is 1. The van der Waals surface area contributed by atoms with E-state index in [0.717, 1.165) is 0 Å². The third-order valence-corrected chi connectivity index (χ3v) is 3.82. The van der Waals surface area contributed by atoms with Gasteiger partial charge in [-0.05, 0) is 6.42 Å². The van der Waals surface area contributed by atoms with Crippen molar-refractivity contribution in [3.63, 3.8) is 0 Å². The smallest absolute Gasteiger partial charge is 0.241 e. The van der Waals surface area contributed by atoms with Gasteiger partial charge in [0.05, 0.1) is 12.3 Å². The lowest BCUT2D eigenvalue weighted by Crippen LogP contribution is -2.34. The Hall–Kier alpha value is -0.990. The Morgan fingerprint density at radius 3 is 2.88 bits per heavy atom. The third kappa shape index (κ3) is 4.69. The van der Waals surface area contributed by atoms with Gasteiger partial charge in [0.1, 0.15) is 0 Å². The van der Waals surface area contributed by atoms with Crippen LogP contribution in [0.5, 0.6) is 0 Å². The molecule has 1 aromatic rings. The number of hydrogen-bond acceptors (Lipinski definition) is 5. The van der Waals surface area contributed by atoms with E-state index < -0.39 is 15.9 Å². The Kier molecular flexibility index (Phi) is 4.84. The number of nitrogens with one attached hydrogen (secondary N) is 2. The van der Waals surface area contributed by atoms with Crippen molar-refractivity contribution in [1.29, 1.82) is 0 Å². The van der Waals surface area contributed by atoms with Gasteiger partial charge < -0.3 is 5.32 Å². The van der Waals surface area contributed by atoms with Crippen LogP contribution in [0.2, 0.25) is 0 Å². The van der Waals surface area contributed by atoms with Gasteiger partial charge in [-0.15, -0.1) is 11.3 Å². The molecule has 0 bridgehead atoms. The number of hydrogen-bond donors (Lipinski definition) is 2. The third-order valence-electron chi connectivity index (χ3n) is 1.60. The lowest BCUT2D eigenvalue weighted by atomic mass is 10.6. The highest BCUT2D eigenvalue weighted by atomic mass is 32.2. The second-order valence-corrected chi connectivity index (χ2v) is 5.85. The van der Waals surface area contributed by atoms with Crippen molar-refractivity contribution >= 4 is 32.4 Å². The van der Waals surface area contributed by atoms with E-state index in [4.69, 9.17) is 0 Å². The lowest BCUT2D eigenvalue weighted by Gasteiger charge is -2.04. The molecule has 0 atom stereocenters. The molecule has 0 aromatic carbocycles. The second kappa shape index (κ2) is 5.92. The number of rotatable bonds is 6. The number of carbonyl (C=O) groups is 1. The average Bonchev–Trinajstić information content (AvgIpc) is 2.68. The van der Waals surface area contributed by atoms with Crippen LogP contribution in [-0.4, -0.2) is 31.6 Å². The zero-order valence-electron chi connectivity index (χ0n) is 8.76. The molecule has 6 nitrogen and oxygen atoms in total. The largest absolute Gasteiger partial charge is 0.301 e. The molecule has 16 heavy (non-hydrogen) atoms. The van der Waals surface area contributed by atoms with Gasteiger partial charge in [-0.2, -0.15) is 0 Å². The van der Waals surface area contributed by atoms with Crippen LogP contribution in [0.15, 0.2) is 11.6 Å². The summed E-state index contributed by atoms with van der Waals surface area (Å²) in [4.78, 5) is 15.1. The van der Waals surface area contributed by atoms with Gasteiger partial charge in [0.2, 0.25) is 15.9 Å². The molecule has 0 aliphatic heterocycles. The number of sulfonamides is 1. The Labute approximate surface area is 98.1 Å². The van der Waals surface area contributed by atoms with E-state index in [1.165, 1.54) is 11.3 Å². The van der Waals surface area contributed by atoms with E-state index in [1.54, 1.807) is 18.5 Å². The van der Waals surface area contributed by atoms with Gasteiger partial charge in [0, 0.05) is 11.6 Å². The standard InChI is InChI=1S/C8H13N3O3S2/c1-2-5-16(13,14)10-6-7(12)11-8-9-3-4-15-8/h3-4,10H,2,5-6H2,1H3,(H,9,11,12). The van der Waals surface area contributed by atoms with Crippen molar-refractivity contribution < 1.29 is 13.2 Å². The summed E-state index contributed by atoms with van der Waals surface area (Å²) in [5.74, 6) is -0.396. The fourth-order valence-corrected chi connectivity index (χ4v) is 2.54. The van der Waals surface area contributed by atoms with Gasteiger partial charge in [-0.25, -0.2) is 18.1 Å². The SMILES string of the molecule is CCCS(=O)(=O)NCC(=O)Nc1nccs1. The average molecular weight is 263 g/mol. The first-order valence-corrected chi connectivity index (χ1v) is 7.23. The molecule has 0 aliphatic carbocycles. The zero-order valence-corrected chi connectivity index (χ0v) is 10.4. The zero-order chi connectivity index (χ0) is 12.0. The molecule has 2 N–H and O–H groups in total. The van der Waals surface area contributed by atoms with E-state index in [-0.39, 0.29) is 12.3 Å². The Morgan fingerprint density at radius 1 is 1.56 bits per heavy atom. The molecule has 0 saturated heterocycles. The minimum absolute atomic E-state index is 0.0253. The quantitative estimate of drug-likeness (QED) is 0.778. The second-order valence-electron chi connectivity index (χ2n) is 3.03. The van der Waals surface area contributed by atoms with Crippen LogP contribution in [0, 0.1) is 0 Å². The van der Waals surface area contributed by atoms with Crippen LogP contribution in [0.1, 0.15) is 13.3 Å². The molecular formula is C8H13N3O3S2. The Balaban J connectivity index is 2.36. The van der Waals surface area contributed by atoms with Crippen molar-refractivity contribution in [1.82, 2.24) is 9.71 Å². The first-order valence-electron chi connectivity index (χ1n) is 4.70. The van der Waals surface area contributed by atoms with E-state index in [9.17, 15) is 13.2 Å². The number of nitrogens with zero attached hydrogens (tertiary/aromatic N) is 1. The van der Waals surface area contributed by atoms with Gasteiger partial charge in [0.25, 0.3) is 0 Å². The molecule has 1 amide bonds. The summed E-state index contributed by atoms with van der Waals surface area (Å²) in [5.41, 5.74) is 0. The van der Waals surface area contributed by atoms with Crippen LogP contribution < -0.4 is 10.0 Å². The van der Waals surface area contributed by atoms with Gasteiger partial charge in [0.15, 0.2) is 5.13 Å². The van der Waals surface area contributed by atoms with Crippen LogP contribution in [-0.2, 0) is 14.8 Å². The summed E-state index contributed by atoms with van der Waals surface area (Å²) in [6, 6.07) is 0. The summed E-state index contributed by atoms with van der Waals surface area (Å²) in [7, 11) is -3.33. The summed E-state index contributed by atoms with van der Waals surface area (Å²) in [6.07, 6.45) is 2.07. The van der Waals surface area contributed by atoms with Crippen molar-refractivity contribution in [2.75, 3.05) is 17.6 Å². The molecule has 0 spiro atoms. The maximum absolute atomic E-state index is 11.3. The number of anilines is 1. The summed E-state index contributed by atoms with van der Waals surface area (Å²) in [5, 5.41) is 4.66. The monoisotopic (exact) mass is 263 g/mol. The van der Waals surface area contributed by atoms with E-state index in [2.05, 4.69) is 15.0 Å². The predicted molar refractivity (Wildman–Crippen MR) is 62.8 cm³/mol. The minimum Gasteiger partial charge on any atom is -0.301 e. The molecule has 0 aliphatic rings. The number of carbonyl (C=O) groups excluding carboxylic acids is 1. The molecule has 0 unspecified atom stereocenters. The minimum atomic E-state index is -3.33. The van der Waals surface area contributed by atoms with Crippen molar-refractivity contribution in [3.8, 4) is 0 Å². The predicted octanol–water partition coefficient (Wildman–Crippen LogP) is 0.411. The molecule has 90 valence electrons. The molecule has 0 radical (unpaired) electrons. The molecule has 8 heteroatoms. The van der Waals surface area contributed by atoms with Crippen LogP contribution in [0.4, 0.5) is 5.13 Å². The molecule has 0 fully saturated rings. The maximum atomic E-state index is 11.3. The highest BCUT2D eigenvalue weighted by molar-refractivity contribution is 7.89. The van der Waals surface area contributed by atoms with E-state index >= 15 is 0 Å². The Morgan fingerprint density at radius 2 is 2.31 bits per heavy atom. The topological polar surface area (TPSA) is 88.2 Å². The van der Waals surface area contributed by atoms with Crippen LogP contribution >= 0.6 is 11.3 Å². The molecule has 1 heterocycles. The van der Waals surface area contributed by atoms with Crippen LogP contribution in [0.25, 0.3) is 0 Å². The molecule has 1 aromatic heterocycles. The maximum Gasteiger partial charge on any atom is 0.241 e. The molecular weight excluding hydrogens is 250 g/mol. The van der Waals surface area contributed by atoms with Gasteiger partial charge in [-0.3, -0.25) is 4.79 Å². The molecule has 0 saturated carbocycles. The van der Waals surface area contributed by atoms with E-state index in [0.29, 0.717) is 11.6 Å². The fourth-order valence-electron chi connectivity index (χ4n) is 0.965. The van der Waals surface area contributed by atoms with Crippen molar-refractivity contribution in [3.05, 3.63) is 11.6 Å². The first-order chi connectivity index (χ1) is 7.53. The fraction of sp³-hybridized carbons (Fsp3) is 0.500. The summed E-state index contributed by atoms with van der Waals surface area (Å²) < 4.78 is 24.7. The van der Waals surface area contributed by atoms with Gasteiger partial charge in [-0.1, -0.05) is 6.92 Å². The normalized spacial score (nSPS) is 11.3. The summed E-state index contributed by atoms with van der Waals surface area (Å²) in [6.45, 7) is 1.50.